The van der Waals surface area contributed by atoms with Gasteiger partial charge in [0.1, 0.15) is 6.61 Å². The number of carbonyl (C=O) groups excluding carboxylic acids is 1. The largest absolute Gasteiger partial charge is 0.490 e. The summed E-state index contributed by atoms with van der Waals surface area (Å²) >= 11 is 5.75. The smallest absolute Gasteiger partial charge is 0.338 e. The van der Waals surface area contributed by atoms with Gasteiger partial charge >= 0.3 is 5.97 Å². The molecule has 7 heteroatoms. The van der Waals surface area contributed by atoms with Crippen LogP contribution in [-0.4, -0.2) is 24.3 Å². The van der Waals surface area contributed by atoms with E-state index in [1.54, 1.807) is 6.92 Å². The van der Waals surface area contributed by atoms with Crippen LogP contribution in [0.2, 0.25) is 0 Å². The van der Waals surface area contributed by atoms with Crippen LogP contribution in [0.4, 0.5) is 5.69 Å². The zero-order chi connectivity index (χ0) is 25.5. The van der Waals surface area contributed by atoms with Crippen molar-refractivity contribution in [2.45, 2.75) is 33.4 Å². The highest BCUT2D eigenvalue weighted by Crippen LogP contribution is 2.38. The van der Waals surface area contributed by atoms with E-state index in [1.165, 1.54) is 0 Å². The first-order valence-electron chi connectivity index (χ1n) is 12.0. The molecule has 4 rings (SSSR count). The quantitative estimate of drug-likeness (QED) is 0.287. The molecule has 36 heavy (non-hydrogen) atoms. The number of para-hydroxylation sites is 1. The lowest BCUT2D eigenvalue weighted by Crippen LogP contribution is -2.48. The third-order valence-corrected chi connectivity index (χ3v) is 6.13. The van der Waals surface area contributed by atoms with E-state index in [2.05, 4.69) is 5.32 Å². The van der Waals surface area contributed by atoms with Gasteiger partial charge in [0.25, 0.3) is 0 Å². The molecule has 3 aromatic carbocycles. The Bertz CT molecular complexity index is 1240. The Morgan fingerprint density at radius 3 is 2.28 bits per heavy atom. The van der Waals surface area contributed by atoms with Gasteiger partial charge in [0.2, 0.25) is 0 Å². The Kier molecular flexibility index (Phi) is 8.23. The second-order valence-electron chi connectivity index (χ2n) is 8.19. The summed E-state index contributed by atoms with van der Waals surface area (Å²) < 4.78 is 17.4. The first-order valence-corrected chi connectivity index (χ1v) is 12.4. The average Bonchev–Trinajstić information content (AvgIpc) is 2.89. The van der Waals surface area contributed by atoms with Gasteiger partial charge in [-0.3, -0.25) is 4.90 Å². The summed E-state index contributed by atoms with van der Waals surface area (Å²) in [6.45, 7) is 6.78. The Hall–Kier alpha value is -3.84. The summed E-state index contributed by atoms with van der Waals surface area (Å²) in [4.78, 5) is 15.0. The number of hydrogen-bond donors (Lipinski definition) is 1. The van der Waals surface area contributed by atoms with Gasteiger partial charge in [0, 0.05) is 11.4 Å². The summed E-state index contributed by atoms with van der Waals surface area (Å²) in [6.07, 6.45) is 0. The van der Waals surface area contributed by atoms with Crippen molar-refractivity contribution >= 4 is 29.0 Å². The summed E-state index contributed by atoms with van der Waals surface area (Å²) in [5.74, 6) is 0.843. The Morgan fingerprint density at radius 1 is 0.917 bits per heavy atom. The molecule has 0 amide bonds. The number of hydrogen-bond acceptors (Lipinski definition) is 5. The Labute approximate surface area is 217 Å². The molecule has 0 radical (unpaired) electrons. The minimum atomic E-state index is -0.501. The lowest BCUT2D eigenvalue weighted by molar-refractivity contribution is -0.139. The van der Waals surface area contributed by atoms with E-state index < -0.39 is 12.0 Å². The molecule has 0 aliphatic carbocycles. The van der Waals surface area contributed by atoms with Crippen molar-refractivity contribution in [1.29, 1.82) is 0 Å². The van der Waals surface area contributed by atoms with Crippen LogP contribution in [0.25, 0.3) is 0 Å². The summed E-state index contributed by atoms with van der Waals surface area (Å²) in [5, 5.41) is 3.85. The minimum Gasteiger partial charge on any atom is -0.490 e. The van der Waals surface area contributed by atoms with Gasteiger partial charge in [-0.05, 0) is 68.4 Å². The molecule has 1 N–H and O–H groups in total. The molecular weight excluding hydrogens is 472 g/mol. The molecule has 6 nitrogen and oxygen atoms in total. The summed E-state index contributed by atoms with van der Waals surface area (Å²) in [7, 11) is 0. The van der Waals surface area contributed by atoms with Crippen molar-refractivity contribution in [1.82, 2.24) is 5.32 Å². The van der Waals surface area contributed by atoms with Gasteiger partial charge in [-0.15, -0.1) is 0 Å². The number of thiocarbonyl (C=S) groups is 1. The monoisotopic (exact) mass is 502 g/mol. The van der Waals surface area contributed by atoms with E-state index in [-0.39, 0.29) is 6.61 Å². The van der Waals surface area contributed by atoms with E-state index >= 15 is 0 Å². The van der Waals surface area contributed by atoms with Crippen LogP contribution < -0.4 is 19.7 Å². The molecule has 0 fully saturated rings. The molecule has 186 valence electrons. The fraction of sp³-hybridized carbons (Fsp3) is 0.241. The molecular formula is C29H30N2O4S. The number of esters is 1. The standard InChI is InChI=1S/C29H30N2O4S/c1-4-33-25-18-22(16-17-24(25)35-19-21-12-8-6-9-13-21)27-26(28(32)34-5-2)20(3)31(29(36)30-27)23-14-10-7-11-15-23/h6-18,27H,4-5,19H2,1-3H3,(H,30,36)/t27-/m1/s1. The molecule has 1 atom stereocenters. The van der Waals surface area contributed by atoms with Crippen LogP contribution in [0, 0.1) is 0 Å². The van der Waals surface area contributed by atoms with Crippen molar-refractivity contribution in [2.75, 3.05) is 18.1 Å². The zero-order valence-corrected chi connectivity index (χ0v) is 21.5. The predicted octanol–water partition coefficient (Wildman–Crippen LogP) is 5.94. The highest BCUT2D eigenvalue weighted by atomic mass is 32.1. The maximum atomic E-state index is 13.2. The van der Waals surface area contributed by atoms with Gasteiger partial charge in [0.15, 0.2) is 16.6 Å². The summed E-state index contributed by atoms with van der Waals surface area (Å²) in [5.41, 5.74) is 3.97. The SMILES string of the molecule is CCOC(=O)C1=C(C)N(c2ccccc2)C(=S)N[C@@H]1c1ccc(OCc2ccccc2)c(OCC)c1. The Morgan fingerprint density at radius 2 is 1.61 bits per heavy atom. The van der Waals surface area contributed by atoms with Crippen molar-refractivity contribution in [2.24, 2.45) is 0 Å². The number of carbonyl (C=O) groups is 1. The third kappa shape index (κ3) is 5.52. The molecule has 3 aromatic rings. The molecule has 0 unspecified atom stereocenters. The van der Waals surface area contributed by atoms with Crippen molar-refractivity contribution in [3.63, 3.8) is 0 Å². The number of nitrogens with zero attached hydrogens (tertiary/aromatic N) is 1. The fourth-order valence-corrected chi connectivity index (χ4v) is 4.54. The average molecular weight is 503 g/mol. The van der Waals surface area contributed by atoms with E-state index in [1.807, 2.05) is 97.6 Å². The summed E-state index contributed by atoms with van der Waals surface area (Å²) in [6, 6.07) is 24.9. The molecule has 0 spiro atoms. The maximum absolute atomic E-state index is 13.2. The topological polar surface area (TPSA) is 60.0 Å². The first kappa shape index (κ1) is 25.3. The van der Waals surface area contributed by atoms with Gasteiger partial charge in [-0.1, -0.05) is 54.6 Å². The molecule has 0 saturated heterocycles. The Balaban J connectivity index is 1.71. The predicted molar refractivity (Wildman–Crippen MR) is 145 cm³/mol. The van der Waals surface area contributed by atoms with Crippen molar-refractivity contribution in [3.8, 4) is 11.5 Å². The van der Waals surface area contributed by atoms with E-state index in [4.69, 9.17) is 26.4 Å². The van der Waals surface area contributed by atoms with E-state index in [9.17, 15) is 4.79 Å². The van der Waals surface area contributed by atoms with Gasteiger partial charge < -0.3 is 19.5 Å². The normalized spacial score (nSPS) is 15.4. The fourth-order valence-electron chi connectivity index (χ4n) is 4.18. The molecule has 0 bridgehead atoms. The van der Waals surface area contributed by atoms with Gasteiger partial charge in [-0.2, -0.15) is 0 Å². The highest BCUT2D eigenvalue weighted by molar-refractivity contribution is 7.80. The maximum Gasteiger partial charge on any atom is 0.338 e. The molecule has 1 aliphatic rings. The van der Waals surface area contributed by atoms with Crippen LogP contribution in [0.1, 0.15) is 37.9 Å². The van der Waals surface area contributed by atoms with E-state index in [0.717, 1.165) is 22.5 Å². The number of anilines is 1. The van der Waals surface area contributed by atoms with Crippen LogP contribution in [0.3, 0.4) is 0 Å². The van der Waals surface area contributed by atoms with E-state index in [0.29, 0.717) is 35.4 Å². The van der Waals surface area contributed by atoms with Crippen molar-refractivity contribution < 1.29 is 19.0 Å². The number of allylic oxidation sites excluding steroid dienone is 1. The lowest BCUT2D eigenvalue weighted by atomic mass is 9.94. The van der Waals surface area contributed by atoms with Gasteiger partial charge in [-0.25, -0.2) is 4.79 Å². The second-order valence-corrected chi connectivity index (χ2v) is 8.57. The van der Waals surface area contributed by atoms with Crippen molar-refractivity contribution in [3.05, 3.63) is 101 Å². The number of rotatable bonds is 9. The second kappa shape index (κ2) is 11.7. The third-order valence-electron chi connectivity index (χ3n) is 5.83. The first-order chi connectivity index (χ1) is 17.5. The van der Waals surface area contributed by atoms with Crippen LogP contribution in [0.5, 0.6) is 11.5 Å². The van der Waals surface area contributed by atoms with Crippen LogP contribution in [-0.2, 0) is 16.1 Å². The highest BCUT2D eigenvalue weighted by Gasteiger charge is 2.35. The molecule has 1 heterocycles. The molecule has 0 aromatic heterocycles. The van der Waals surface area contributed by atoms with Crippen LogP contribution in [0.15, 0.2) is 90.1 Å². The molecule has 0 saturated carbocycles. The lowest BCUT2D eigenvalue weighted by Gasteiger charge is -2.37. The zero-order valence-electron chi connectivity index (χ0n) is 20.7. The number of benzene rings is 3. The van der Waals surface area contributed by atoms with Gasteiger partial charge in [0.05, 0.1) is 24.8 Å². The number of nitrogens with one attached hydrogen (secondary N) is 1. The molecule has 1 aliphatic heterocycles. The van der Waals surface area contributed by atoms with Crippen LogP contribution >= 0.6 is 12.2 Å². The minimum absolute atomic E-state index is 0.272. The number of ether oxygens (including phenoxy) is 3.